The molecule has 1 saturated heterocycles. The lowest BCUT2D eigenvalue weighted by Crippen LogP contribution is -2.50. The number of carbonyl (C=O) groups excluding carboxylic acids is 3. The van der Waals surface area contributed by atoms with E-state index in [1.165, 1.54) is 0 Å². The average Bonchev–Trinajstić information content (AvgIpc) is 2.60. The highest BCUT2D eigenvalue weighted by Crippen LogP contribution is 2.17. The van der Waals surface area contributed by atoms with E-state index in [0.29, 0.717) is 12.1 Å². The van der Waals surface area contributed by atoms with Gasteiger partial charge in [0.2, 0.25) is 11.8 Å². The van der Waals surface area contributed by atoms with E-state index in [4.69, 9.17) is 0 Å². The lowest BCUT2D eigenvalue weighted by atomic mass is 10.1. The number of hydrogen-bond donors (Lipinski definition) is 2. The quantitative estimate of drug-likeness (QED) is 0.698. The van der Waals surface area contributed by atoms with Crippen molar-refractivity contribution in [2.45, 2.75) is 26.8 Å². The Labute approximate surface area is 154 Å². The normalized spacial score (nSPS) is 15.0. The van der Waals surface area contributed by atoms with Gasteiger partial charge >= 0.3 is 0 Å². The molecule has 0 aliphatic carbocycles. The first kappa shape index (κ1) is 19.9. The molecule has 7 heteroatoms. The Morgan fingerprint density at radius 1 is 1.00 bits per heavy atom. The molecule has 0 atom stereocenters. The number of nitrogens with zero attached hydrogens (tertiary/aromatic N) is 2. The topological polar surface area (TPSA) is 81.8 Å². The van der Waals surface area contributed by atoms with E-state index in [9.17, 15) is 14.4 Å². The Balaban J connectivity index is 1.73. The van der Waals surface area contributed by atoms with E-state index in [0.717, 1.165) is 31.9 Å². The van der Waals surface area contributed by atoms with Crippen molar-refractivity contribution < 1.29 is 14.4 Å². The lowest BCUT2D eigenvalue weighted by Gasteiger charge is -2.35. The smallest absolute Gasteiger partial charge is 0.239 e. The molecule has 142 valence electrons. The number of piperazine rings is 1. The highest BCUT2D eigenvalue weighted by Gasteiger charge is 2.19. The third kappa shape index (κ3) is 6.15. The SMILES string of the molecule is CC(=O)c1ccc(N2CCN(CC(=O)NCC(=O)NC(C)C)CC2)cc1. The molecule has 0 spiro atoms. The van der Waals surface area contributed by atoms with Gasteiger partial charge in [-0.25, -0.2) is 0 Å². The molecule has 0 radical (unpaired) electrons. The first-order valence-electron chi connectivity index (χ1n) is 8.99. The van der Waals surface area contributed by atoms with Crippen LogP contribution >= 0.6 is 0 Å². The van der Waals surface area contributed by atoms with Crippen LogP contribution in [0, 0.1) is 0 Å². The molecule has 2 rings (SSSR count). The van der Waals surface area contributed by atoms with Crippen molar-refractivity contribution in [2.24, 2.45) is 0 Å². The van der Waals surface area contributed by atoms with Crippen LogP contribution < -0.4 is 15.5 Å². The number of ketones is 1. The number of benzene rings is 1. The van der Waals surface area contributed by atoms with Crippen molar-refractivity contribution >= 4 is 23.3 Å². The Kier molecular flexibility index (Phi) is 7.15. The van der Waals surface area contributed by atoms with E-state index in [1.54, 1.807) is 6.92 Å². The summed E-state index contributed by atoms with van der Waals surface area (Å²) >= 11 is 0. The van der Waals surface area contributed by atoms with Crippen molar-refractivity contribution in [1.29, 1.82) is 0 Å². The minimum Gasteiger partial charge on any atom is -0.369 e. The van der Waals surface area contributed by atoms with Crippen LogP contribution in [0.2, 0.25) is 0 Å². The Hall–Kier alpha value is -2.41. The van der Waals surface area contributed by atoms with Gasteiger partial charge in [0.15, 0.2) is 5.78 Å². The molecule has 1 heterocycles. The molecule has 0 aromatic heterocycles. The molecular weight excluding hydrogens is 332 g/mol. The van der Waals surface area contributed by atoms with Crippen LogP contribution in [-0.4, -0.2) is 67.8 Å². The summed E-state index contributed by atoms with van der Waals surface area (Å²) < 4.78 is 0. The minimum absolute atomic E-state index is 0.0134. The van der Waals surface area contributed by atoms with Crippen LogP contribution in [0.4, 0.5) is 5.69 Å². The maximum Gasteiger partial charge on any atom is 0.239 e. The van der Waals surface area contributed by atoms with Crippen molar-refractivity contribution in [1.82, 2.24) is 15.5 Å². The van der Waals surface area contributed by atoms with Gasteiger partial charge in [-0.1, -0.05) is 0 Å². The van der Waals surface area contributed by atoms with Gasteiger partial charge in [0.05, 0.1) is 13.1 Å². The number of anilines is 1. The van der Waals surface area contributed by atoms with Gasteiger partial charge in [-0.15, -0.1) is 0 Å². The van der Waals surface area contributed by atoms with E-state index < -0.39 is 0 Å². The summed E-state index contributed by atoms with van der Waals surface area (Å²) in [7, 11) is 0. The average molecular weight is 360 g/mol. The summed E-state index contributed by atoms with van der Waals surface area (Å²) in [5, 5.41) is 5.40. The standard InChI is InChI=1S/C19H28N4O3/c1-14(2)21-18(25)12-20-19(26)13-22-8-10-23(11-9-22)17-6-4-16(5-7-17)15(3)24/h4-7,14H,8-13H2,1-3H3,(H,20,26)(H,21,25). The fourth-order valence-corrected chi connectivity index (χ4v) is 2.88. The zero-order valence-electron chi connectivity index (χ0n) is 15.7. The van der Waals surface area contributed by atoms with Crippen LogP contribution in [0.1, 0.15) is 31.1 Å². The summed E-state index contributed by atoms with van der Waals surface area (Å²) in [6.45, 7) is 8.83. The summed E-state index contributed by atoms with van der Waals surface area (Å²) in [4.78, 5) is 39.2. The van der Waals surface area contributed by atoms with Gasteiger partial charge in [-0.2, -0.15) is 0 Å². The van der Waals surface area contributed by atoms with E-state index >= 15 is 0 Å². The van der Waals surface area contributed by atoms with Gasteiger partial charge < -0.3 is 15.5 Å². The van der Waals surface area contributed by atoms with Gasteiger partial charge in [-0.05, 0) is 45.0 Å². The summed E-state index contributed by atoms with van der Waals surface area (Å²) in [6, 6.07) is 7.69. The Bertz CT molecular complexity index is 635. The number of nitrogens with one attached hydrogen (secondary N) is 2. The van der Waals surface area contributed by atoms with E-state index in [2.05, 4.69) is 20.4 Å². The van der Waals surface area contributed by atoms with Crippen LogP contribution in [0.5, 0.6) is 0 Å². The Morgan fingerprint density at radius 3 is 2.15 bits per heavy atom. The molecule has 1 fully saturated rings. The predicted octanol–water partition coefficient (Wildman–Crippen LogP) is 0.652. The maximum absolute atomic E-state index is 12.0. The van der Waals surface area contributed by atoms with Gasteiger partial charge in [0.1, 0.15) is 0 Å². The number of Topliss-reactive ketones (excluding diaryl/α,β-unsaturated/α-hetero) is 1. The Morgan fingerprint density at radius 2 is 1.62 bits per heavy atom. The molecule has 7 nitrogen and oxygen atoms in total. The summed E-state index contributed by atoms with van der Waals surface area (Å²) in [5.74, 6) is -0.246. The zero-order chi connectivity index (χ0) is 19.1. The second-order valence-electron chi connectivity index (χ2n) is 6.87. The minimum atomic E-state index is -0.174. The van der Waals surface area contributed by atoms with Crippen molar-refractivity contribution in [3.63, 3.8) is 0 Å². The van der Waals surface area contributed by atoms with Crippen LogP contribution in [0.25, 0.3) is 0 Å². The molecule has 2 N–H and O–H groups in total. The van der Waals surface area contributed by atoms with Crippen LogP contribution in [0.15, 0.2) is 24.3 Å². The number of hydrogen-bond acceptors (Lipinski definition) is 5. The number of amides is 2. The molecule has 1 aliphatic heterocycles. The fourth-order valence-electron chi connectivity index (χ4n) is 2.88. The second kappa shape index (κ2) is 9.33. The third-order valence-electron chi connectivity index (χ3n) is 4.27. The number of rotatable bonds is 7. The molecule has 2 amide bonds. The third-order valence-corrected chi connectivity index (χ3v) is 4.27. The molecule has 1 aromatic carbocycles. The summed E-state index contributed by atoms with van der Waals surface area (Å²) in [6.07, 6.45) is 0. The van der Waals surface area contributed by atoms with Crippen molar-refractivity contribution in [2.75, 3.05) is 44.2 Å². The molecule has 0 bridgehead atoms. The van der Waals surface area contributed by atoms with Crippen molar-refractivity contribution in [3.05, 3.63) is 29.8 Å². The van der Waals surface area contributed by atoms with Gasteiger partial charge in [0.25, 0.3) is 0 Å². The molecule has 1 aromatic rings. The highest BCUT2D eigenvalue weighted by atomic mass is 16.2. The second-order valence-corrected chi connectivity index (χ2v) is 6.87. The summed E-state index contributed by atoms with van der Waals surface area (Å²) in [5.41, 5.74) is 1.80. The number of carbonyl (C=O) groups is 3. The largest absolute Gasteiger partial charge is 0.369 e. The maximum atomic E-state index is 12.0. The van der Waals surface area contributed by atoms with Crippen molar-refractivity contribution in [3.8, 4) is 0 Å². The molecule has 26 heavy (non-hydrogen) atoms. The molecule has 0 unspecified atom stereocenters. The highest BCUT2D eigenvalue weighted by molar-refractivity contribution is 5.94. The fraction of sp³-hybridized carbons (Fsp3) is 0.526. The first-order chi connectivity index (χ1) is 12.3. The molecular formula is C19H28N4O3. The monoisotopic (exact) mass is 360 g/mol. The van der Waals surface area contributed by atoms with E-state index in [1.807, 2.05) is 38.1 Å². The zero-order valence-corrected chi connectivity index (χ0v) is 15.7. The van der Waals surface area contributed by atoms with E-state index in [-0.39, 0.29) is 30.2 Å². The lowest BCUT2D eigenvalue weighted by molar-refractivity contribution is -0.127. The predicted molar refractivity (Wildman–Crippen MR) is 101 cm³/mol. The van der Waals surface area contributed by atoms with Crippen LogP contribution in [0.3, 0.4) is 0 Å². The van der Waals surface area contributed by atoms with Gasteiger partial charge in [-0.3, -0.25) is 19.3 Å². The first-order valence-corrected chi connectivity index (χ1v) is 8.99. The molecule has 1 aliphatic rings. The van der Waals surface area contributed by atoms with Gasteiger partial charge in [0, 0.05) is 43.5 Å². The van der Waals surface area contributed by atoms with Crippen LogP contribution in [-0.2, 0) is 9.59 Å². The molecule has 0 saturated carbocycles.